The maximum absolute atomic E-state index is 13.8. The van der Waals surface area contributed by atoms with E-state index in [1.54, 1.807) is 28.4 Å². The van der Waals surface area contributed by atoms with Crippen LogP contribution in [0.5, 0.6) is 5.75 Å². The standard InChI is InChI=1S/C31H36N2O4S/c1-22(2)23-10-12-25(13-11-23)37-21-28-27-15-18-38-29(27)14-16-33(28)30(34)20-32(19-26-9-6-17-36-26)31(35)24-7-4-3-5-8-24/h3-5,7-8,10-13,15,18,22,26,28H,6,9,14,16-17,19-21H2,1-2H3/t26-,28+/m0/s1. The fraction of sp³-hybridized carbons (Fsp3) is 0.419. The molecule has 5 rings (SSSR count). The molecule has 6 nitrogen and oxygen atoms in total. The van der Waals surface area contributed by atoms with Crippen molar-refractivity contribution in [3.63, 3.8) is 0 Å². The molecule has 1 saturated heterocycles. The molecule has 0 unspecified atom stereocenters. The first-order valence-electron chi connectivity index (χ1n) is 13.5. The van der Waals surface area contributed by atoms with Crippen LogP contribution < -0.4 is 4.74 Å². The van der Waals surface area contributed by atoms with Crippen molar-refractivity contribution in [1.82, 2.24) is 9.80 Å². The molecule has 0 spiro atoms. The third-order valence-electron chi connectivity index (χ3n) is 7.45. The number of hydrogen-bond acceptors (Lipinski definition) is 5. The summed E-state index contributed by atoms with van der Waals surface area (Å²) in [6.45, 7) is 6.47. The Kier molecular flexibility index (Phi) is 8.45. The van der Waals surface area contributed by atoms with Crippen molar-refractivity contribution < 1.29 is 19.1 Å². The monoisotopic (exact) mass is 532 g/mol. The first kappa shape index (κ1) is 26.4. The van der Waals surface area contributed by atoms with Gasteiger partial charge < -0.3 is 19.3 Å². The van der Waals surface area contributed by atoms with Gasteiger partial charge in [-0.05, 0) is 72.0 Å². The Morgan fingerprint density at radius 2 is 1.89 bits per heavy atom. The van der Waals surface area contributed by atoms with Gasteiger partial charge in [-0.2, -0.15) is 0 Å². The van der Waals surface area contributed by atoms with Crippen LogP contribution in [-0.4, -0.2) is 60.6 Å². The molecule has 0 saturated carbocycles. The van der Waals surface area contributed by atoms with Gasteiger partial charge in [0.25, 0.3) is 5.91 Å². The molecule has 3 heterocycles. The summed E-state index contributed by atoms with van der Waals surface area (Å²) >= 11 is 1.73. The molecule has 1 aromatic heterocycles. The molecule has 2 aliphatic heterocycles. The van der Waals surface area contributed by atoms with Crippen molar-refractivity contribution in [2.45, 2.75) is 51.2 Å². The zero-order valence-electron chi connectivity index (χ0n) is 22.2. The van der Waals surface area contributed by atoms with E-state index in [2.05, 4.69) is 37.4 Å². The summed E-state index contributed by atoms with van der Waals surface area (Å²) in [6, 6.07) is 19.3. The van der Waals surface area contributed by atoms with Crippen LogP contribution in [0.25, 0.3) is 0 Å². The van der Waals surface area contributed by atoms with Crippen LogP contribution in [0.2, 0.25) is 0 Å². The van der Waals surface area contributed by atoms with Crippen LogP contribution in [0, 0.1) is 0 Å². The highest BCUT2D eigenvalue weighted by Crippen LogP contribution is 2.34. The first-order chi connectivity index (χ1) is 18.5. The molecule has 3 aromatic rings. The molecule has 2 amide bonds. The maximum Gasteiger partial charge on any atom is 0.254 e. The highest BCUT2D eigenvalue weighted by molar-refractivity contribution is 7.10. The lowest BCUT2D eigenvalue weighted by molar-refractivity contribution is -0.135. The Morgan fingerprint density at radius 1 is 1.11 bits per heavy atom. The molecular weight excluding hydrogens is 496 g/mol. The lowest BCUT2D eigenvalue weighted by Crippen LogP contribution is -2.49. The summed E-state index contributed by atoms with van der Waals surface area (Å²) in [6.07, 6.45) is 2.67. The normalized spacial score (nSPS) is 18.9. The molecule has 2 aliphatic rings. The van der Waals surface area contributed by atoms with Crippen molar-refractivity contribution in [1.29, 1.82) is 0 Å². The summed E-state index contributed by atoms with van der Waals surface area (Å²) in [5.41, 5.74) is 3.00. The third kappa shape index (κ3) is 6.11. The van der Waals surface area contributed by atoms with Crippen LogP contribution in [0.1, 0.15) is 65.0 Å². The van der Waals surface area contributed by atoms with Gasteiger partial charge in [0.2, 0.25) is 5.91 Å². The molecule has 2 aromatic carbocycles. The van der Waals surface area contributed by atoms with Crippen molar-refractivity contribution in [3.8, 4) is 5.75 Å². The maximum atomic E-state index is 13.8. The van der Waals surface area contributed by atoms with Gasteiger partial charge in [0.15, 0.2) is 0 Å². The summed E-state index contributed by atoms with van der Waals surface area (Å²) in [7, 11) is 0. The lowest BCUT2D eigenvalue weighted by Gasteiger charge is -2.37. The van der Waals surface area contributed by atoms with Gasteiger partial charge in [-0.3, -0.25) is 9.59 Å². The first-order valence-corrected chi connectivity index (χ1v) is 14.4. The van der Waals surface area contributed by atoms with Gasteiger partial charge in [0.05, 0.1) is 12.1 Å². The highest BCUT2D eigenvalue weighted by Gasteiger charge is 2.34. The van der Waals surface area contributed by atoms with Crippen molar-refractivity contribution >= 4 is 23.2 Å². The quantitative estimate of drug-likeness (QED) is 0.355. The number of carbonyl (C=O) groups excluding carboxylic acids is 2. The van der Waals surface area contributed by atoms with Gasteiger partial charge in [0.1, 0.15) is 18.9 Å². The Hall–Kier alpha value is -3.16. The second kappa shape index (κ2) is 12.1. The number of benzene rings is 2. The molecular formula is C31H36N2O4S. The Labute approximate surface area is 229 Å². The number of carbonyl (C=O) groups is 2. The minimum absolute atomic E-state index is 0.0205. The molecule has 38 heavy (non-hydrogen) atoms. The van der Waals surface area contributed by atoms with E-state index in [0.29, 0.717) is 37.8 Å². The number of rotatable bonds is 9. The molecule has 0 N–H and O–H groups in total. The molecule has 0 bridgehead atoms. The van der Waals surface area contributed by atoms with Crippen molar-refractivity contribution in [2.75, 3.05) is 32.8 Å². The molecule has 0 aliphatic carbocycles. The van der Waals surface area contributed by atoms with E-state index in [4.69, 9.17) is 9.47 Å². The van der Waals surface area contributed by atoms with Gasteiger partial charge in [-0.1, -0.05) is 44.2 Å². The second-order valence-electron chi connectivity index (χ2n) is 10.4. The summed E-state index contributed by atoms with van der Waals surface area (Å²) < 4.78 is 12.1. The molecule has 200 valence electrons. The Balaban J connectivity index is 1.33. The minimum Gasteiger partial charge on any atom is -0.491 e. The van der Waals surface area contributed by atoms with E-state index >= 15 is 0 Å². The number of thiophene rings is 1. The molecule has 0 radical (unpaired) electrons. The predicted octanol–water partition coefficient (Wildman–Crippen LogP) is 5.70. The van der Waals surface area contributed by atoms with Gasteiger partial charge in [0, 0.05) is 30.1 Å². The van der Waals surface area contributed by atoms with Crippen molar-refractivity contribution in [3.05, 3.63) is 87.6 Å². The number of nitrogens with zero attached hydrogens (tertiary/aromatic N) is 2. The Morgan fingerprint density at radius 3 is 2.61 bits per heavy atom. The fourth-order valence-electron chi connectivity index (χ4n) is 5.27. The summed E-state index contributed by atoms with van der Waals surface area (Å²) in [5, 5.41) is 2.09. The summed E-state index contributed by atoms with van der Waals surface area (Å²) in [5.74, 6) is 1.05. The Bertz CT molecular complexity index is 1220. The number of hydrogen-bond donors (Lipinski definition) is 0. The SMILES string of the molecule is CC(C)c1ccc(OC[C@@H]2c3ccsc3CCN2C(=O)CN(C[C@@H]2CCCO2)C(=O)c2ccccc2)cc1. The van der Waals surface area contributed by atoms with Crippen LogP contribution in [0.3, 0.4) is 0 Å². The van der Waals surface area contributed by atoms with Gasteiger partial charge in [-0.15, -0.1) is 11.3 Å². The van der Waals surface area contributed by atoms with Gasteiger partial charge in [-0.25, -0.2) is 0 Å². The molecule has 1 fully saturated rings. The number of fused-ring (bicyclic) bond motifs is 1. The largest absolute Gasteiger partial charge is 0.491 e. The highest BCUT2D eigenvalue weighted by atomic mass is 32.1. The van der Waals surface area contributed by atoms with E-state index in [1.165, 1.54) is 10.4 Å². The molecule has 7 heteroatoms. The average Bonchev–Trinajstić information content (AvgIpc) is 3.64. The minimum atomic E-state index is -0.196. The molecule has 2 atom stereocenters. The topological polar surface area (TPSA) is 59.1 Å². The van der Waals surface area contributed by atoms with Crippen LogP contribution in [0.4, 0.5) is 0 Å². The lowest BCUT2D eigenvalue weighted by atomic mass is 10.00. The zero-order valence-corrected chi connectivity index (χ0v) is 23.0. The van der Waals surface area contributed by atoms with Gasteiger partial charge >= 0.3 is 0 Å². The van der Waals surface area contributed by atoms with Crippen LogP contribution >= 0.6 is 11.3 Å². The van der Waals surface area contributed by atoms with E-state index in [9.17, 15) is 9.59 Å². The van der Waals surface area contributed by atoms with E-state index in [0.717, 1.165) is 30.6 Å². The van der Waals surface area contributed by atoms with Crippen LogP contribution in [-0.2, 0) is 16.0 Å². The smallest absolute Gasteiger partial charge is 0.254 e. The number of amides is 2. The van der Waals surface area contributed by atoms with Crippen molar-refractivity contribution in [2.24, 2.45) is 0 Å². The van der Waals surface area contributed by atoms with Crippen LogP contribution in [0.15, 0.2) is 66.0 Å². The average molecular weight is 533 g/mol. The summed E-state index contributed by atoms with van der Waals surface area (Å²) in [4.78, 5) is 32.1. The van der Waals surface area contributed by atoms with E-state index in [-0.39, 0.29) is 30.5 Å². The van der Waals surface area contributed by atoms with E-state index in [1.807, 2.05) is 35.2 Å². The third-order valence-corrected chi connectivity index (χ3v) is 8.45. The predicted molar refractivity (Wildman–Crippen MR) is 150 cm³/mol. The zero-order chi connectivity index (χ0) is 26.5. The number of ether oxygens (including phenoxy) is 2. The van der Waals surface area contributed by atoms with E-state index < -0.39 is 0 Å². The second-order valence-corrected chi connectivity index (χ2v) is 11.4. The fourth-order valence-corrected chi connectivity index (χ4v) is 6.20.